The summed E-state index contributed by atoms with van der Waals surface area (Å²) in [6.45, 7) is 0. The summed E-state index contributed by atoms with van der Waals surface area (Å²) in [6.07, 6.45) is 0. The topological polar surface area (TPSA) is 84.6 Å². The Bertz CT molecular complexity index is 659. The average molecular weight is 337 g/mol. The number of carbonyl (C=O) groups excluding carboxylic acids is 1. The Morgan fingerprint density at radius 3 is 2.70 bits per heavy atom. The lowest BCUT2D eigenvalue weighted by Crippen LogP contribution is -2.12. The molecule has 0 spiro atoms. The molecule has 2 aromatic carbocycles. The molecule has 0 heterocycles. The molecule has 0 saturated carbocycles. The molecule has 0 fully saturated rings. The van der Waals surface area contributed by atoms with E-state index in [0.717, 1.165) is 0 Å². The van der Waals surface area contributed by atoms with E-state index in [-0.39, 0.29) is 11.7 Å². The summed E-state index contributed by atoms with van der Waals surface area (Å²) in [5.41, 5.74) is 7.10. The van der Waals surface area contributed by atoms with E-state index in [9.17, 15) is 9.90 Å². The van der Waals surface area contributed by atoms with Gasteiger partial charge in [-0.25, -0.2) is 0 Å². The maximum atomic E-state index is 12.1. The van der Waals surface area contributed by atoms with Gasteiger partial charge in [-0.05, 0) is 46.3 Å². The van der Waals surface area contributed by atoms with E-state index in [1.54, 1.807) is 30.3 Å². The smallest absolute Gasteiger partial charge is 0.255 e. The maximum Gasteiger partial charge on any atom is 0.255 e. The van der Waals surface area contributed by atoms with Crippen molar-refractivity contribution < 1.29 is 14.6 Å². The van der Waals surface area contributed by atoms with Crippen LogP contribution >= 0.6 is 15.9 Å². The molecule has 2 rings (SSSR count). The Morgan fingerprint density at radius 2 is 2.05 bits per heavy atom. The number of nitrogens with two attached hydrogens (primary N) is 1. The first-order valence-electron chi connectivity index (χ1n) is 5.74. The second kappa shape index (κ2) is 5.83. The van der Waals surface area contributed by atoms with Gasteiger partial charge in [-0.3, -0.25) is 4.79 Å². The minimum atomic E-state index is -0.334. The van der Waals surface area contributed by atoms with E-state index in [0.29, 0.717) is 27.2 Å². The first-order valence-corrected chi connectivity index (χ1v) is 6.54. The molecule has 20 heavy (non-hydrogen) atoms. The lowest BCUT2D eigenvalue weighted by Gasteiger charge is -2.09. The molecule has 0 unspecified atom stereocenters. The van der Waals surface area contributed by atoms with Crippen molar-refractivity contribution in [2.75, 3.05) is 18.2 Å². The number of benzene rings is 2. The van der Waals surface area contributed by atoms with Crippen molar-refractivity contribution in [1.29, 1.82) is 0 Å². The zero-order valence-corrected chi connectivity index (χ0v) is 12.3. The number of anilines is 2. The molecule has 0 atom stereocenters. The normalized spacial score (nSPS) is 10.1. The predicted molar refractivity (Wildman–Crippen MR) is 81.2 cm³/mol. The Hall–Kier alpha value is -2.21. The third kappa shape index (κ3) is 3.03. The molecule has 0 aliphatic heterocycles. The standard InChI is InChI=1S/C14H13BrN2O3/c1-20-13-7-9(3-5-11(13)16)17-14(19)8-2-4-10(15)12(18)6-8/h2-7,18H,16H2,1H3,(H,17,19). The van der Waals surface area contributed by atoms with E-state index in [1.807, 2.05) is 0 Å². The Kier molecular flexibility index (Phi) is 4.14. The number of hydrogen-bond acceptors (Lipinski definition) is 4. The van der Waals surface area contributed by atoms with Crippen molar-refractivity contribution in [2.45, 2.75) is 0 Å². The maximum absolute atomic E-state index is 12.1. The number of nitrogen functional groups attached to an aromatic ring is 1. The van der Waals surface area contributed by atoms with Gasteiger partial charge in [0.05, 0.1) is 17.3 Å². The summed E-state index contributed by atoms with van der Waals surface area (Å²) in [4.78, 5) is 12.1. The highest BCUT2D eigenvalue weighted by atomic mass is 79.9. The van der Waals surface area contributed by atoms with Crippen LogP contribution in [0.1, 0.15) is 10.4 Å². The van der Waals surface area contributed by atoms with Crippen LogP contribution in [0.15, 0.2) is 40.9 Å². The number of halogens is 1. The number of amides is 1. The number of aromatic hydroxyl groups is 1. The lowest BCUT2D eigenvalue weighted by atomic mass is 10.2. The van der Waals surface area contributed by atoms with Gasteiger partial charge in [-0.2, -0.15) is 0 Å². The highest BCUT2D eigenvalue weighted by molar-refractivity contribution is 9.10. The first-order chi connectivity index (χ1) is 9.51. The number of ether oxygens (including phenoxy) is 1. The molecule has 4 N–H and O–H groups in total. The fourth-order valence-corrected chi connectivity index (χ4v) is 1.89. The van der Waals surface area contributed by atoms with Gasteiger partial charge in [-0.1, -0.05) is 0 Å². The highest BCUT2D eigenvalue weighted by Gasteiger charge is 2.10. The third-order valence-corrected chi connectivity index (χ3v) is 3.37. The number of phenols is 1. The summed E-state index contributed by atoms with van der Waals surface area (Å²) in [5, 5.41) is 12.3. The predicted octanol–water partition coefficient (Wildman–Crippen LogP) is 3.00. The number of hydrogen-bond donors (Lipinski definition) is 3. The van der Waals surface area contributed by atoms with Crippen LogP contribution in [0.4, 0.5) is 11.4 Å². The number of methoxy groups -OCH3 is 1. The van der Waals surface area contributed by atoms with Crippen molar-refractivity contribution >= 4 is 33.2 Å². The zero-order valence-electron chi connectivity index (χ0n) is 10.7. The van der Waals surface area contributed by atoms with Gasteiger partial charge in [0.2, 0.25) is 0 Å². The zero-order chi connectivity index (χ0) is 14.7. The Labute approximate surface area is 124 Å². The summed E-state index contributed by atoms with van der Waals surface area (Å²) >= 11 is 3.16. The van der Waals surface area contributed by atoms with E-state index >= 15 is 0 Å². The van der Waals surface area contributed by atoms with Gasteiger partial charge in [-0.15, -0.1) is 0 Å². The monoisotopic (exact) mass is 336 g/mol. The highest BCUT2D eigenvalue weighted by Crippen LogP contribution is 2.27. The second-order valence-electron chi connectivity index (χ2n) is 4.08. The van der Waals surface area contributed by atoms with Gasteiger partial charge in [0.15, 0.2) is 0 Å². The van der Waals surface area contributed by atoms with Crippen molar-refractivity contribution in [3.05, 3.63) is 46.4 Å². The largest absolute Gasteiger partial charge is 0.507 e. The summed E-state index contributed by atoms with van der Waals surface area (Å²) < 4.78 is 5.62. The van der Waals surface area contributed by atoms with E-state index < -0.39 is 0 Å². The molecule has 0 saturated heterocycles. The molecular formula is C14H13BrN2O3. The molecule has 6 heteroatoms. The van der Waals surface area contributed by atoms with Crippen molar-refractivity contribution in [3.8, 4) is 11.5 Å². The van der Waals surface area contributed by atoms with Gasteiger partial charge in [0.25, 0.3) is 5.91 Å². The average Bonchev–Trinajstić information content (AvgIpc) is 2.43. The molecule has 1 amide bonds. The van der Waals surface area contributed by atoms with Crippen LogP contribution < -0.4 is 15.8 Å². The van der Waals surface area contributed by atoms with E-state index in [1.165, 1.54) is 13.2 Å². The number of carbonyl (C=O) groups is 1. The Morgan fingerprint density at radius 1 is 1.30 bits per heavy atom. The number of phenolic OH excluding ortho intramolecular Hbond substituents is 1. The van der Waals surface area contributed by atoms with Crippen molar-refractivity contribution in [3.63, 3.8) is 0 Å². The fraction of sp³-hybridized carbons (Fsp3) is 0.0714. The van der Waals surface area contributed by atoms with Crippen LogP contribution in [0.2, 0.25) is 0 Å². The second-order valence-corrected chi connectivity index (χ2v) is 4.93. The summed E-state index contributed by atoms with van der Waals surface area (Å²) in [7, 11) is 1.50. The molecule has 0 aromatic heterocycles. The van der Waals surface area contributed by atoms with Crippen LogP contribution in [0.5, 0.6) is 11.5 Å². The number of rotatable bonds is 3. The third-order valence-electron chi connectivity index (χ3n) is 2.70. The number of nitrogens with one attached hydrogen (secondary N) is 1. The Balaban J connectivity index is 2.21. The van der Waals surface area contributed by atoms with E-state index in [4.69, 9.17) is 10.5 Å². The molecule has 0 bridgehead atoms. The van der Waals surface area contributed by atoms with Crippen LogP contribution in [0.3, 0.4) is 0 Å². The van der Waals surface area contributed by atoms with E-state index in [2.05, 4.69) is 21.2 Å². The quantitative estimate of drug-likeness (QED) is 0.752. The summed E-state index contributed by atoms with van der Waals surface area (Å²) in [5.74, 6) is 0.161. The van der Waals surface area contributed by atoms with Crippen molar-refractivity contribution in [1.82, 2.24) is 0 Å². The molecule has 0 radical (unpaired) electrons. The van der Waals surface area contributed by atoms with Crippen LogP contribution in [-0.4, -0.2) is 18.1 Å². The first kappa shape index (κ1) is 14.2. The van der Waals surface area contributed by atoms with Crippen LogP contribution in [0, 0.1) is 0 Å². The van der Waals surface area contributed by atoms with Gasteiger partial charge >= 0.3 is 0 Å². The SMILES string of the molecule is COc1cc(NC(=O)c2ccc(Br)c(O)c2)ccc1N. The molecule has 104 valence electrons. The minimum Gasteiger partial charge on any atom is -0.507 e. The lowest BCUT2D eigenvalue weighted by molar-refractivity contribution is 0.102. The molecule has 0 aliphatic rings. The molecule has 5 nitrogen and oxygen atoms in total. The summed E-state index contributed by atoms with van der Waals surface area (Å²) in [6, 6.07) is 9.54. The molecule has 2 aromatic rings. The van der Waals surface area contributed by atoms with Crippen molar-refractivity contribution in [2.24, 2.45) is 0 Å². The molecular weight excluding hydrogens is 324 g/mol. The van der Waals surface area contributed by atoms with Gasteiger partial charge < -0.3 is 20.9 Å². The minimum absolute atomic E-state index is 0.00698. The van der Waals surface area contributed by atoms with Crippen LogP contribution in [-0.2, 0) is 0 Å². The van der Waals surface area contributed by atoms with Gasteiger partial charge in [0, 0.05) is 17.3 Å². The molecule has 0 aliphatic carbocycles. The van der Waals surface area contributed by atoms with Crippen LogP contribution in [0.25, 0.3) is 0 Å². The fourth-order valence-electron chi connectivity index (χ4n) is 1.65. The van der Waals surface area contributed by atoms with Gasteiger partial charge in [0.1, 0.15) is 11.5 Å².